The molecule has 6 nitrogen and oxygen atoms in total. The second kappa shape index (κ2) is 5.81. The number of aryl methyl sites for hydroxylation is 1. The van der Waals surface area contributed by atoms with Gasteiger partial charge in [0.15, 0.2) is 0 Å². The highest BCUT2D eigenvalue weighted by molar-refractivity contribution is 5.97. The van der Waals surface area contributed by atoms with Crippen LogP contribution in [0.5, 0.6) is 0 Å². The topological polar surface area (TPSA) is 80.0 Å². The minimum atomic E-state index is -0.0602. The summed E-state index contributed by atoms with van der Waals surface area (Å²) in [5, 5.41) is 20.2. The summed E-state index contributed by atoms with van der Waals surface area (Å²) in [4.78, 5) is 12.3. The number of aliphatic hydroxyl groups excluding tert-OH is 1. The Labute approximate surface area is 123 Å². The summed E-state index contributed by atoms with van der Waals surface area (Å²) in [5.74, 6) is 0.337. The van der Waals surface area contributed by atoms with Crippen molar-refractivity contribution in [3.8, 4) is 0 Å². The van der Waals surface area contributed by atoms with Gasteiger partial charge in [0.25, 0.3) is 5.91 Å². The molecule has 0 aliphatic heterocycles. The molecule has 1 heterocycles. The second-order valence-corrected chi connectivity index (χ2v) is 5.79. The van der Waals surface area contributed by atoms with Gasteiger partial charge in [-0.05, 0) is 49.8 Å². The van der Waals surface area contributed by atoms with Crippen molar-refractivity contribution in [2.45, 2.75) is 31.7 Å². The molecule has 2 N–H and O–H groups in total. The number of fused-ring (bicyclic) bond motifs is 1. The maximum Gasteiger partial charge on any atom is 0.251 e. The van der Waals surface area contributed by atoms with Gasteiger partial charge < -0.3 is 10.4 Å². The monoisotopic (exact) mass is 288 g/mol. The van der Waals surface area contributed by atoms with Crippen LogP contribution in [0, 0.1) is 5.92 Å². The van der Waals surface area contributed by atoms with E-state index < -0.39 is 0 Å². The maximum atomic E-state index is 12.3. The maximum absolute atomic E-state index is 12.3. The Morgan fingerprint density at radius 3 is 2.86 bits per heavy atom. The Balaban J connectivity index is 1.67. The third kappa shape index (κ3) is 2.90. The fraction of sp³-hybridized carbons (Fsp3) is 0.533. The van der Waals surface area contributed by atoms with E-state index >= 15 is 0 Å². The van der Waals surface area contributed by atoms with Gasteiger partial charge in [-0.25, -0.2) is 4.68 Å². The molecule has 0 unspecified atom stereocenters. The highest BCUT2D eigenvalue weighted by Gasteiger charge is 2.22. The standard InChI is InChI=1S/C15H20N4O2/c1-19-14-7-4-11(8-13(14)17-18-19)15(21)16-12-5-2-10(9-20)3-6-12/h4,7-8,10,12,20H,2-3,5-6,9H2,1H3,(H,16,21). The molecule has 1 aliphatic rings. The van der Waals surface area contributed by atoms with Crippen molar-refractivity contribution in [1.29, 1.82) is 0 Å². The third-order valence-electron chi connectivity index (χ3n) is 4.31. The number of nitrogens with one attached hydrogen (secondary N) is 1. The Hall–Kier alpha value is -1.95. The summed E-state index contributed by atoms with van der Waals surface area (Å²) in [6.07, 6.45) is 3.82. The summed E-state index contributed by atoms with van der Waals surface area (Å²) in [6, 6.07) is 5.66. The van der Waals surface area contributed by atoms with Crippen molar-refractivity contribution in [2.24, 2.45) is 13.0 Å². The van der Waals surface area contributed by atoms with Gasteiger partial charge in [0.05, 0.1) is 5.52 Å². The summed E-state index contributed by atoms with van der Waals surface area (Å²) in [7, 11) is 1.83. The minimum Gasteiger partial charge on any atom is -0.396 e. The lowest BCUT2D eigenvalue weighted by molar-refractivity contribution is 0.0914. The molecule has 6 heteroatoms. The highest BCUT2D eigenvalue weighted by Crippen LogP contribution is 2.24. The van der Waals surface area contributed by atoms with Gasteiger partial charge in [-0.1, -0.05) is 5.21 Å². The summed E-state index contributed by atoms with van der Waals surface area (Å²) < 4.78 is 1.69. The first-order valence-corrected chi connectivity index (χ1v) is 7.38. The van der Waals surface area contributed by atoms with Crippen LogP contribution < -0.4 is 5.32 Å². The summed E-state index contributed by atoms with van der Waals surface area (Å²) >= 11 is 0. The van der Waals surface area contributed by atoms with Crippen LogP contribution in [0.1, 0.15) is 36.0 Å². The predicted molar refractivity (Wildman–Crippen MR) is 78.8 cm³/mol. The molecule has 0 atom stereocenters. The fourth-order valence-corrected chi connectivity index (χ4v) is 2.94. The van der Waals surface area contributed by atoms with Gasteiger partial charge in [0.2, 0.25) is 0 Å². The predicted octanol–water partition coefficient (Wildman–Crippen LogP) is 1.25. The van der Waals surface area contributed by atoms with E-state index in [0.29, 0.717) is 11.5 Å². The fourth-order valence-electron chi connectivity index (χ4n) is 2.94. The molecular weight excluding hydrogens is 268 g/mol. The van der Waals surface area contributed by atoms with E-state index in [-0.39, 0.29) is 18.6 Å². The highest BCUT2D eigenvalue weighted by atomic mass is 16.3. The average molecular weight is 288 g/mol. The van der Waals surface area contributed by atoms with Crippen LogP contribution in [0.4, 0.5) is 0 Å². The zero-order chi connectivity index (χ0) is 14.8. The number of aromatic nitrogens is 3. The zero-order valence-corrected chi connectivity index (χ0v) is 12.1. The van der Waals surface area contributed by atoms with Crippen LogP contribution in [0.15, 0.2) is 18.2 Å². The zero-order valence-electron chi connectivity index (χ0n) is 12.1. The Morgan fingerprint density at radius 1 is 1.38 bits per heavy atom. The number of nitrogens with zero attached hydrogens (tertiary/aromatic N) is 3. The molecule has 3 rings (SSSR count). The van der Waals surface area contributed by atoms with E-state index in [4.69, 9.17) is 5.11 Å². The summed E-state index contributed by atoms with van der Waals surface area (Å²) in [5.41, 5.74) is 2.26. The first-order valence-electron chi connectivity index (χ1n) is 7.38. The second-order valence-electron chi connectivity index (χ2n) is 5.79. The molecule has 112 valence electrons. The molecule has 1 amide bonds. The van der Waals surface area contributed by atoms with Gasteiger partial charge in [0, 0.05) is 25.3 Å². The van der Waals surface area contributed by atoms with Crippen molar-refractivity contribution >= 4 is 16.9 Å². The molecular formula is C15H20N4O2. The number of aliphatic hydroxyl groups is 1. The van der Waals surface area contributed by atoms with Gasteiger partial charge in [-0.3, -0.25) is 4.79 Å². The van der Waals surface area contributed by atoms with Crippen molar-refractivity contribution in [3.63, 3.8) is 0 Å². The SMILES string of the molecule is Cn1nnc2cc(C(=O)NC3CCC(CO)CC3)ccc21. The van der Waals surface area contributed by atoms with E-state index in [1.54, 1.807) is 16.8 Å². The molecule has 0 saturated heterocycles. The lowest BCUT2D eigenvalue weighted by atomic mass is 9.86. The van der Waals surface area contributed by atoms with Crippen LogP contribution in [0.2, 0.25) is 0 Å². The number of rotatable bonds is 3. The Morgan fingerprint density at radius 2 is 2.14 bits per heavy atom. The molecule has 2 aromatic rings. The van der Waals surface area contributed by atoms with Crippen LogP contribution >= 0.6 is 0 Å². The minimum absolute atomic E-state index is 0.0602. The van der Waals surface area contributed by atoms with Crippen molar-refractivity contribution in [1.82, 2.24) is 20.3 Å². The number of benzene rings is 1. The number of hydrogen-bond acceptors (Lipinski definition) is 4. The first kappa shape index (κ1) is 14.0. The molecule has 1 fully saturated rings. The molecule has 1 aromatic heterocycles. The number of hydrogen-bond donors (Lipinski definition) is 2. The largest absolute Gasteiger partial charge is 0.396 e. The summed E-state index contributed by atoms with van der Waals surface area (Å²) in [6.45, 7) is 0.254. The van der Waals surface area contributed by atoms with E-state index in [2.05, 4.69) is 15.6 Å². The van der Waals surface area contributed by atoms with Crippen LogP contribution in [-0.4, -0.2) is 38.7 Å². The van der Waals surface area contributed by atoms with Gasteiger partial charge in [0.1, 0.15) is 5.52 Å². The third-order valence-corrected chi connectivity index (χ3v) is 4.31. The molecule has 21 heavy (non-hydrogen) atoms. The van der Waals surface area contributed by atoms with Crippen LogP contribution in [0.25, 0.3) is 11.0 Å². The van der Waals surface area contributed by atoms with E-state index in [1.165, 1.54) is 0 Å². The number of amides is 1. The number of carbonyl (C=O) groups excluding carboxylic acids is 1. The lowest BCUT2D eigenvalue weighted by Crippen LogP contribution is -2.38. The molecule has 1 aromatic carbocycles. The smallest absolute Gasteiger partial charge is 0.251 e. The van der Waals surface area contributed by atoms with Crippen LogP contribution in [-0.2, 0) is 7.05 Å². The Bertz CT molecular complexity index is 644. The quantitative estimate of drug-likeness (QED) is 0.890. The molecule has 0 bridgehead atoms. The average Bonchev–Trinajstić information content (AvgIpc) is 2.89. The van der Waals surface area contributed by atoms with E-state index in [9.17, 15) is 4.79 Å². The van der Waals surface area contributed by atoms with Crippen molar-refractivity contribution in [2.75, 3.05) is 6.61 Å². The molecule has 1 aliphatic carbocycles. The van der Waals surface area contributed by atoms with Gasteiger partial charge in [-0.15, -0.1) is 5.10 Å². The van der Waals surface area contributed by atoms with Gasteiger partial charge >= 0.3 is 0 Å². The molecule has 0 radical (unpaired) electrons. The van der Waals surface area contributed by atoms with Crippen molar-refractivity contribution in [3.05, 3.63) is 23.8 Å². The van der Waals surface area contributed by atoms with E-state index in [0.717, 1.165) is 36.7 Å². The number of carbonyl (C=O) groups is 1. The van der Waals surface area contributed by atoms with Crippen LogP contribution in [0.3, 0.4) is 0 Å². The van der Waals surface area contributed by atoms with E-state index in [1.807, 2.05) is 13.1 Å². The molecule has 1 saturated carbocycles. The normalized spacial score (nSPS) is 22.4. The van der Waals surface area contributed by atoms with Gasteiger partial charge in [-0.2, -0.15) is 0 Å². The lowest BCUT2D eigenvalue weighted by Gasteiger charge is -2.27. The van der Waals surface area contributed by atoms with Crippen molar-refractivity contribution < 1.29 is 9.90 Å². The molecule has 0 spiro atoms. The Kier molecular flexibility index (Phi) is 3.88. The first-order chi connectivity index (χ1) is 10.2.